The molecule has 6 heteroatoms. The minimum absolute atomic E-state index is 0.0329. The number of likely N-dealkylation sites (tertiary alicyclic amines) is 1. The molecule has 0 aromatic heterocycles. The molecule has 0 aliphatic carbocycles. The van der Waals surface area contributed by atoms with E-state index in [0.29, 0.717) is 19.4 Å². The van der Waals surface area contributed by atoms with E-state index in [-0.39, 0.29) is 24.7 Å². The maximum absolute atomic E-state index is 12.4. The van der Waals surface area contributed by atoms with Crippen LogP contribution in [0.25, 0.3) is 0 Å². The Hall–Kier alpha value is -2.24. The van der Waals surface area contributed by atoms with Gasteiger partial charge in [0.05, 0.1) is 18.1 Å². The first-order valence-corrected chi connectivity index (χ1v) is 7.58. The fourth-order valence-electron chi connectivity index (χ4n) is 3.12. The lowest BCUT2D eigenvalue weighted by Gasteiger charge is -2.32. The molecule has 0 saturated carbocycles. The second-order valence-corrected chi connectivity index (χ2v) is 5.97. The third kappa shape index (κ3) is 2.86. The zero-order valence-corrected chi connectivity index (χ0v) is 12.5. The first kappa shape index (κ1) is 14.7. The number of aliphatic carboxylic acids is 1. The highest BCUT2D eigenvalue weighted by molar-refractivity contribution is 5.77. The monoisotopic (exact) mass is 304 g/mol. The van der Waals surface area contributed by atoms with Crippen LogP contribution in [0, 0.1) is 5.92 Å². The van der Waals surface area contributed by atoms with Crippen LogP contribution in [0.3, 0.4) is 0 Å². The first-order chi connectivity index (χ1) is 10.5. The molecule has 3 atom stereocenters. The van der Waals surface area contributed by atoms with Gasteiger partial charge < -0.3 is 20.1 Å². The SMILES string of the molecule is C[C@@H]1C[C@@H](NC(=O)N2CCC(C(=O)O)C2)c2ccccc2O1. The van der Waals surface area contributed by atoms with Gasteiger partial charge in [0.2, 0.25) is 0 Å². The lowest BCUT2D eigenvalue weighted by molar-refractivity contribution is -0.141. The van der Waals surface area contributed by atoms with Gasteiger partial charge in [0.1, 0.15) is 5.75 Å². The van der Waals surface area contributed by atoms with Crippen molar-refractivity contribution in [2.45, 2.75) is 31.9 Å². The quantitative estimate of drug-likeness (QED) is 0.876. The molecule has 2 aliphatic heterocycles. The third-order valence-corrected chi connectivity index (χ3v) is 4.31. The van der Waals surface area contributed by atoms with Crippen molar-refractivity contribution in [3.63, 3.8) is 0 Å². The molecule has 0 radical (unpaired) electrons. The fourth-order valence-corrected chi connectivity index (χ4v) is 3.12. The highest BCUT2D eigenvalue weighted by Gasteiger charge is 2.33. The van der Waals surface area contributed by atoms with Crippen molar-refractivity contribution in [3.8, 4) is 5.75 Å². The van der Waals surface area contributed by atoms with E-state index in [1.807, 2.05) is 31.2 Å². The van der Waals surface area contributed by atoms with Crippen molar-refractivity contribution in [1.82, 2.24) is 10.2 Å². The van der Waals surface area contributed by atoms with E-state index in [4.69, 9.17) is 9.84 Å². The molecule has 1 aromatic carbocycles. The molecular formula is C16H20N2O4. The van der Waals surface area contributed by atoms with Crippen LogP contribution in [-0.2, 0) is 4.79 Å². The fraction of sp³-hybridized carbons (Fsp3) is 0.500. The molecule has 22 heavy (non-hydrogen) atoms. The molecule has 0 bridgehead atoms. The number of nitrogens with zero attached hydrogens (tertiary/aromatic N) is 1. The number of para-hydroxylation sites is 1. The van der Waals surface area contributed by atoms with E-state index in [2.05, 4.69) is 5.32 Å². The minimum Gasteiger partial charge on any atom is -0.490 e. The van der Waals surface area contributed by atoms with Crippen LogP contribution >= 0.6 is 0 Å². The number of benzene rings is 1. The number of fused-ring (bicyclic) bond motifs is 1. The Labute approximate surface area is 129 Å². The van der Waals surface area contributed by atoms with Crippen LogP contribution in [-0.4, -0.2) is 41.2 Å². The summed E-state index contributed by atoms with van der Waals surface area (Å²) in [6.07, 6.45) is 1.26. The topological polar surface area (TPSA) is 78.9 Å². The van der Waals surface area contributed by atoms with Crippen LogP contribution in [0.2, 0.25) is 0 Å². The zero-order valence-electron chi connectivity index (χ0n) is 12.5. The number of carbonyl (C=O) groups excluding carboxylic acids is 1. The van der Waals surface area contributed by atoms with Gasteiger partial charge in [-0.05, 0) is 19.4 Å². The first-order valence-electron chi connectivity index (χ1n) is 7.58. The van der Waals surface area contributed by atoms with Crippen molar-refractivity contribution < 1.29 is 19.4 Å². The molecule has 1 aromatic rings. The summed E-state index contributed by atoms with van der Waals surface area (Å²) >= 11 is 0. The van der Waals surface area contributed by atoms with E-state index in [9.17, 15) is 9.59 Å². The number of hydrogen-bond acceptors (Lipinski definition) is 3. The lowest BCUT2D eigenvalue weighted by atomic mass is 9.97. The third-order valence-electron chi connectivity index (χ3n) is 4.31. The summed E-state index contributed by atoms with van der Waals surface area (Å²) in [7, 11) is 0. The van der Waals surface area contributed by atoms with Gasteiger partial charge in [0.25, 0.3) is 0 Å². The standard InChI is InChI=1S/C16H20N2O4/c1-10-8-13(12-4-2-3-5-14(12)22-10)17-16(21)18-7-6-11(9-18)15(19)20/h2-5,10-11,13H,6-9H2,1H3,(H,17,21)(H,19,20)/t10-,11?,13-/m1/s1. The van der Waals surface area contributed by atoms with Crippen molar-refractivity contribution in [2.75, 3.05) is 13.1 Å². The number of nitrogens with one attached hydrogen (secondary N) is 1. The summed E-state index contributed by atoms with van der Waals surface area (Å²) in [5.41, 5.74) is 0.975. The average Bonchev–Trinajstić information content (AvgIpc) is 2.97. The van der Waals surface area contributed by atoms with Gasteiger partial charge in [-0.3, -0.25) is 4.79 Å². The average molecular weight is 304 g/mol. The molecule has 3 rings (SSSR count). The smallest absolute Gasteiger partial charge is 0.317 e. The summed E-state index contributed by atoms with van der Waals surface area (Å²) in [6, 6.07) is 7.40. The minimum atomic E-state index is -0.833. The highest BCUT2D eigenvalue weighted by atomic mass is 16.5. The molecule has 2 aliphatic rings. The summed E-state index contributed by atoms with van der Waals surface area (Å²) in [6.45, 7) is 2.75. The number of ether oxygens (including phenoxy) is 1. The van der Waals surface area contributed by atoms with Crippen molar-refractivity contribution in [1.29, 1.82) is 0 Å². The van der Waals surface area contributed by atoms with Gasteiger partial charge in [-0.25, -0.2) is 4.79 Å². The van der Waals surface area contributed by atoms with E-state index in [0.717, 1.165) is 11.3 Å². The Kier molecular flexibility index (Phi) is 3.92. The number of carboxylic acid groups (broad SMARTS) is 1. The molecule has 1 fully saturated rings. The van der Waals surface area contributed by atoms with E-state index in [1.165, 1.54) is 0 Å². The van der Waals surface area contributed by atoms with Crippen LogP contribution < -0.4 is 10.1 Å². The van der Waals surface area contributed by atoms with Crippen molar-refractivity contribution in [2.24, 2.45) is 5.92 Å². The number of urea groups is 1. The van der Waals surface area contributed by atoms with Crippen LogP contribution in [0.1, 0.15) is 31.4 Å². The molecular weight excluding hydrogens is 284 g/mol. The van der Waals surface area contributed by atoms with Gasteiger partial charge in [0.15, 0.2) is 0 Å². The van der Waals surface area contributed by atoms with E-state index < -0.39 is 11.9 Å². The number of hydrogen-bond donors (Lipinski definition) is 2. The van der Waals surface area contributed by atoms with E-state index in [1.54, 1.807) is 4.90 Å². The van der Waals surface area contributed by atoms with Gasteiger partial charge in [-0.1, -0.05) is 18.2 Å². The second-order valence-electron chi connectivity index (χ2n) is 5.97. The largest absolute Gasteiger partial charge is 0.490 e. The number of rotatable bonds is 2. The Morgan fingerprint density at radius 3 is 2.86 bits per heavy atom. The molecule has 1 unspecified atom stereocenters. The van der Waals surface area contributed by atoms with Gasteiger partial charge in [0, 0.05) is 25.1 Å². The molecule has 2 N–H and O–H groups in total. The van der Waals surface area contributed by atoms with Gasteiger partial charge in [-0.2, -0.15) is 0 Å². The summed E-state index contributed by atoms with van der Waals surface area (Å²) in [5, 5.41) is 12.0. The molecule has 118 valence electrons. The number of carboxylic acids is 1. The van der Waals surface area contributed by atoms with Crippen LogP contribution in [0.4, 0.5) is 4.79 Å². The molecule has 0 spiro atoms. The Balaban J connectivity index is 1.68. The maximum atomic E-state index is 12.4. The summed E-state index contributed by atoms with van der Waals surface area (Å²) < 4.78 is 5.77. The predicted molar refractivity (Wildman–Crippen MR) is 79.7 cm³/mol. The Morgan fingerprint density at radius 2 is 2.14 bits per heavy atom. The van der Waals surface area contributed by atoms with Crippen molar-refractivity contribution >= 4 is 12.0 Å². The van der Waals surface area contributed by atoms with Gasteiger partial charge in [-0.15, -0.1) is 0 Å². The Morgan fingerprint density at radius 1 is 1.36 bits per heavy atom. The summed E-state index contributed by atoms with van der Waals surface area (Å²) in [4.78, 5) is 25.0. The number of carbonyl (C=O) groups is 2. The van der Waals surface area contributed by atoms with Crippen LogP contribution in [0.15, 0.2) is 24.3 Å². The molecule has 2 heterocycles. The predicted octanol–water partition coefficient (Wildman–Crippen LogP) is 2.01. The molecule has 1 saturated heterocycles. The summed E-state index contributed by atoms with van der Waals surface area (Å²) in [5.74, 6) is -0.483. The molecule has 2 amide bonds. The van der Waals surface area contributed by atoms with Gasteiger partial charge >= 0.3 is 12.0 Å². The Bertz CT molecular complexity index is 589. The highest BCUT2D eigenvalue weighted by Crippen LogP contribution is 2.34. The zero-order chi connectivity index (χ0) is 15.7. The van der Waals surface area contributed by atoms with Crippen molar-refractivity contribution in [3.05, 3.63) is 29.8 Å². The number of amides is 2. The molecule has 6 nitrogen and oxygen atoms in total. The second kappa shape index (κ2) is 5.87. The maximum Gasteiger partial charge on any atom is 0.317 e. The van der Waals surface area contributed by atoms with E-state index >= 15 is 0 Å². The normalized spacial score (nSPS) is 27.0. The lowest BCUT2D eigenvalue weighted by Crippen LogP contribution is -2.43. The van der Waals surface area contributed by atoms with Crippen LogP contribution in [0.5, 0.6) is 5.75 Å².